The number of hydrogen-bond donors (Lipinski definition) is 2. The molecule has 2 aromatic rings. The van der Waals surface area contributed by atoms with Gasteiger partial charge in [0.15, 0.2) is 5.13 Å². The minimum absolute atomic E-state index is 0.0525. The molecule has 2 N–H and O–H groups in total. The van der Waals surface area contributed by atoms with Gasteiger partial charge in [0.1, 0.15) is 0 Å². The second-order valence-electron chi connectivity index (χ2n) is 5.93. The van der Waals surface area contributed by atoms with Crippen molar-refractivity contribution in [3.63, 3.8) is 0 Å². The summed E-state index contributed by atoms with van der Waals surface area (Å²) in [5.41, 5.74) is 0.350. The van der Waals surface area contributed by atoms with Crippen LogP contribution in [0.3, 0.4) is 0 Å². The summed E-state index contributed by atoms with van der Waals surface area (Å²) in [6.45, 7) is 7.40. The van der Waals surface area contributed by atoms with Gasteiger partial charge < -0.3 is 10.6 Å². The van der Waals surface area contributed by atoms with E-state index in [1.807, 2.05) is 24.4 Å². The normalized spacial score (nSPS) is 11.3. The first-order valence-corrected chi connectivity index (χ1v) is 8.56. The van der Waals surface area contributed by atoms with Gasteiger partial charge >= 0.3 is 0 Å². The molecule has 5 nitrogen and oxygen atoms in total. The molecule has 0 atom stereocenters. The number of carbonyl (C=O) groups excluding carboxylic acids is 2. The van der Waals surface area contributed by atoms with Crippen molar-refractivity contribution in [2.24, 2.45) is 5.41 Å². The van der Waals surface area contributed by atoms with E-state index in [1.165, 1.54) is 16.2 Å². The molecule has 7 heteroatoms. The number of thiazole rings is 1. The molecular formula is C15H19N3O2S2. The zero-order valence-electron chi connectivity index (χ0n) is 13.0. The van der Waals surface area contributed by atoms with Gasteiger partial charge in [-0.15, -0.1) is 22.7 Å². The van der Waals surface area contributed by atoms with Crippen LogP contribution in [-0.2, 0) is 9.59 Å². The maximum atomic E-state index is 11.8. The molecule has 2 amide bonds. The molecular weight excluding hydrogens is 318 g/mol. The highest BCUT2D eigenvalue weighted by molar-refractivity contribution is 7.17. The van der Waals surface area contributed by atoms with Gasteiger partial charge in [0, 0.05) is 15.7 Å². The molecule has 0 fully saturated rings. The Kier molecular flexibility index (Phi) is 4.97. The van der Waals surface area contributed by atoms with Crippen LogP contribution in [0.4, 0.5) is 5.13 Å². The third-order valence-electron chi connectivity index (χ3n) is 2.83. The molecule has 0 aliphatic heterocycles. The van der Waals surface area contributed by atoms with Gasteiger partial charge in [-0.3, -0.25) is 9.59 Å². The average molecular weight is 337 g/mol. The number of aromatic nitrogens is 1. The second kappa shape index (κ2) is 6.58. The van der Waals surface area contributed by atoms with Gasteiger partial charge in [0.05, 0.1) is 17.1 Å². The maximum absolute atomic E-state index is 11.8. The highest BCUT2D eigenvalue weighted by Gasteiger charge is 2.21. The first-order chi connectivity index (χ1) is 10.3. The van der Waals surface area contributed by atoms with E-state index in [1.54, 1.807) is 32.1 Å². The highest BCUT2D eigenvalue weighted by Crippen LogP contribution is 2.30. The van der Waals surface area contributed by atoms with Crippen molar-refractivity contribution in [1.82, 2.24) is 10.3 Å². The van der Waals surface area contributed by atoms with Crippen molar-refractivity contribution in [1.29, 1.82) is 0 Å². The fraction of sp³-hybridized carbons (Fsp3) is 0.400. The lowest BCUT2D eigenvalue weighted by Crippen LogP contribution is -2.39. The van der Waals surface area contributed by atoms with Gasteiger partial charge in [-0.2, -0.15) is 0 Å². The van der Waals surface area contributed by atoms with Crippen molar-refractivity contribution in [3.05, 3.63) is 22.4 Å². The Hall–Kier alpha value is -1.73. The molecule has 2 rings (SSSR count). The third kappa shape index (κ3) is 4.38. The number of anilines is 1. The number of amides is 2. The maximum Gasteiger partial charge on any atom is 0.245 e. The number of nitrogens with one attached hydrogen (secondary N) is 2. The molecule has 0 radical (unpaired) electrons. The largest absolute Gasteiger partial charge is 0.347 e. The van der Waals surface area contributed by atoms with E-state index >= 15 is 0 Å². The van der Waals surface area contributed by atoms with Crippen LogP contribution >= 0.6 is 22.7 Å². The van der Waals surface area contributed by atoms with Crippen LogP contribution in [0.1, 0.15) is 25.6 Å². The Morgan fingerprint density at radius 1 is 1.27 bits per heavy atom. The molecule has 2 heterocycles. The number of nitrogens with zero attached hydrogens (tertiary/aromatic N) is 1. The number of hydrogen-bond acceptors (Lipinski definition) is 5. The fourth-order valence-corrected chi connectivity index (χ4v) is 3.24. The van der Waals surface area contributed by atoms with E-state index in [4.69, 9.17) is 0 Å². The minimum atomic E-state index is -0.508. The summed E-state index contributed by atoms with van der Waals surface area (Å²) in [6.07, 6.45) is 0. The Morgan fingerprint density at radius 3 is 2.59 bits per heavy atom. The molecule has 0 bridgehead atoms. The fourth-order valence-electron chi connectivity index (χ4n) is 1.61. The molecule has 118 valence electrons. The van der Waals surface area contributed by atoms with Crippen molar-refractivity contribution < 1.29 is 9.59 Å². The quantitative estimate of drug-likeness (QED) is 0.899. The van der Waals surface area contributed by atoms with Crippen LogP contribution in [0.2, 0.25) is 0 Å². The minimum Gasteiger partial charge on any atom is -0.347 e. The van der Waals surface area contributed by atoms with Crippen molar-refractivity contribution >= 4 is 39.6 Å². The topological polar surface area (TPSA) is 71.1 Å². The van der Waals surface area contributed by atoms with Gasteiger partial charge in [-0.05, 0) is 19.1 Å². The SMILES string of the molecule is Cc1ccc(-c2csc(NC(=O)CNC(=O)C(C)(C)C)n2)s1. The summed E-state index contributed by atoms with van der Waals surface area (Å²) in [7, 11) is 0. The zero-order valence-corrected chi connectivity index (χ0v) is 14.7. The summed E-state index contributed by atoms with van der Waals surface area (Å²) < 4.78 is 0. The van der Waals surface area contributed by atoms with E-state index in [9.17, 15) is 9.59 Å². The summed E-state index contributed by atoms with van der Waals surface area (Å²) >= 11 is 3.04. The van der Waals surface area contributed by atoms with E-state index in [-0.39, 0.29) is 18.4 Å². The van der Waals surface area contributed by atoms with Crippen molar-refractivity contribution in [2.75, 3.05) is 11.9 Å². The first kappa shape index (κ1) is 16.6. The lowest BCUT2D eigenvalue weighted by molar-refractivity contribution is -0.130. The molecule has 22 heavy (non-hydrogen) atoms. The van der Waals surface area contributed by atoms with E-state index < -0.39 is 5.41 Å². The Morgan fingerprint density at radius 2 is 2.00 bits per heavy atom. The van der Waals surface area contributed by atoms with Gasteiger partial charge in [0.25, 0.3) is 0 Å². The van der Waals surface area contributed by atoms with E-state index in [0.29, 0.717) is 5.13 Å². The summed E-state index contributed by atoms with van der Waals surface area (Å²) in [6, 6.07) is 4.06. The number of rotatable bonds is 4. The summed E-state index contributed by atoms with van der Waals surface area (Å²) in [5, 5.41) is 7.77. The molecule has 0 aliphatic rings. The second-order valence-corrected chi connectivity index (χ2v) is 8.08. The Bertz CT molecular complexity index is 683. The smallest absolute Gasteiger partial charge is 0.245 e. The standard InChI is InChI=1S/C15H19N3O2S2/c1-9-5-6-11(22-9)10-8-21-14(17-10)18-12(19)7-16-13(20)15(2,3)4/h5-6,8H,7H2,1-4H3,(H,16,20)(H,17,18,19). The molecule has 0 aromatic carbocycles. The highest BCUT2D eigenvalue weighted by atomic mass is 32.1. The van der Waals surface area contributed by atoms with Gasteiger partial charge in [-0.25, -0.2) is 4.98 Å². The lowest BCUT2D eigenvalue weighted by Gasteiger charge is -2.17. The van der Waals surface area contributed by atoms with Crippen LogP contribution in [0.25, 0.3) is 10.6 Å². The number of carbonyl (C=O) groups is 2. The van der Waals surface area contributed by atoms with Crippen molar-refractivity contribution in [2.45, 2.75) is 27.7 Å². The van der Waals surface area contributed by atoms with E-state index in [2.05, 4.69) is 15.6 Å². The van der Waals surface area contributed by atoms with E-state index in [0.717, 1.165) is 10.6 Å². The van der Waals surface area contributed by atoms with Crippen LogP contribution in [0.15, 0.2) is 17.5 Å². The molecule has 0 aliphatic carbocycles. The number of thiophene rings is 1. The molecule has 2 aromatic heterocycles. The van der Waals surface area contributed by atoms with Crippen LogP contribution < -0.4 is 10.6 Å². The van der Waals surface area contributed by atoms with Crippen molar-refractivity contribution in [3.8, 4) is 10.6 Å². The Labute approximate surface area is 137 Å². The van der Waals surface area contributed by atoms with Crippen LogP contribution in [-0.4, -0.2) is 23.3 Å². The summed E-state index contributed by atoms with van der Waals surface area (Å²) in [4.78, 5) is 30.2. The molecule has 0 saturated carbocycles. The third-order valence-corrected chi connectivity index (χ3v) is 4.61. The van der Waals surface area contributed by atoms with Gasteiger partial charge in [0.2, 0.25) is 11.8 Å². The zero-order chi connectivity index (χ0) is 16.3. The average Bonchev–Trinajstić information content (AvgIpc) is 3.03. The monoisotopic (exact) mass is 337 g/mol. The predicted molar refractivity (Wildman–Crippen MR) is 91.3 cm³/mol. The van der Waals surface area contributed by atoms with Gasteiger partial charge in [-0.1, -0.05) is 20.8 Å². The number of aryl methyl sites for hydroxylation is 1. The first-order valence-electron chi connectivity index (χ1n) is 6.86. The lowest BCUT2D eigenvalue weighted by atomic mass is 9.96. The summed E-state index contributed by atoms with van der Waals surface area (Å²) in [5.74, 6) is -0.433. The predicted octanol–water partition coefficient (Wildman–Crippen LogP) is 3.28. The molecule has 0 spiro atoms. The van der Waals surface area contributed by atoms with Crippen LogP contribution in [0.5, 0.6) is 0 Å². The Balaban J connectivity index is 1.90. The molecule has 0 unspecified atom stereocenters. The van der Waals surface area contributed by atoms with Crippen LogP contribution in [0, 0.1) is 12.3 Å². The molecule has 0 saturated heterocycles.